The predicted octanol–water partition coefficient (Wildman–Crippen LogP) is 3.47. The first-order valence-corrected chi connectivity index (χ1v) is 6.80. The van der Waals surface area contributed by atoms with Gasteiger partial charge >= 0.3 is 5.97 Å². The summed E-state index contributed by atoms with van der Waals surface area (Å²) in [6.07, 6.45) is 0.530. The molecule has 0 saturated heterocycles. The van der Waals surface area contributed by atoms with E-state index in [0.717, 1.165) is 17.0 Å². The van der Waals surface area contributed by atoms with Gasteiger partial charge in [-0.25, -0.2) is 4.98 Å². The number of carbonyl (C=O) groups is 1. The number of H-pyrrole nitrogens is 1. The molecule has 19 heavy (non-hydrogen) atoms. The van der Waals surface area contributed by atoms with Gasteiger partial charge in [-0.1, -0.05) is 12.1 Å². The van der Waals surface area contributed by atoms with Crippen LogP contribution in [-0.4, -0.2) is 21.0 Å². The maximum atomic E-state index is 10.7. The van der Waals surface area contributed by atoms with Gasteiger partial charge in [-0.15, -0.1) is 0 Å². The number of imidazole rings is 1. The van der Waals surface area contributed by atoms with E-state index in [9.17, 15) is 4.79 Å². The van der Waals surface area contributed by atoms with Crippen molar-refractivity contribution in [3.8, 4) is 11.3 Å². The number of carboxylic acids is 1. The molecule has 0 aliphatic heterocycles. The van der Waals surface area contributed by atoms with Crippen LogP contribution < -0.4 is 0 Å². The van der Waals surface area contributed by atoms with Gasteiger partial charge in [0.2, 0.25) is 0 Å². The highest BCUT2D eigenvalue weighted by atomic mass is 79.9. The zero-order chi connectivity index (χ0) is 14.0. The van der Waals surface area contributed by atoms with Crippen molar-refractivity contribution in [1.29, 1.82) is 0 Å². The van der Waals surface area contributed by atoms with Gasteiger partial charge in [-0.05, 0) is 47.0 Å². The maximum Gasteiger partial charge on any atom is 0.303 e. The molecule has 1 aromatic heterocycles. The Morgan fingerprint density at radius 1 is 1.37 bits per heavy atom. The Kier molecular flexibility index (Phi) is 4.04. The quantitative estimate of drug-likeness (QED) is 0.905. The molecule has 1 heterocycles. The average molecular weight is 323 g/mol. The number of aryl methyl sites for hydroxylation is 3. The Morgan fingerprint density at radius 2 is 2.11 bits per heavy atom. The lowest BCUT2D eigenvalue weighted by Gasteiger charge is -2.05. The third-order valence-electron chi connectivity index (χ3n) is 3.12. The molecular formula is C14H15BrN2O2. The Balaban J connectivity index is 2.37. The van der Waals surface area contributed by atoms with Crippen LogP contribution in [0.1, 0.15) is 23.2 Å². The number of nitrogens with one attached hydrogen (secondary N) is 1. The van der Waals surface area contributed by atoms with E-state index in [1.54, 1.807) is 0 Å². The van der Waals surface area contributed by atoms with E-state index < -0.39 is 5.97 Å². The zero-order valence-corrected chi connectivity index (χ0v) is 12.4. The molecule has 0 atom stereocenters. The highest BCUT2D eigenvalue weighted by Gasteiger charge is 2.13. The van der Waals surface area contributed by atoms with Gasteiger partial charge in [-0.3, -0.25) is 4.79 Å². The number of nitrogens with zero attached hydrogens (tertiary/aromatic N) is 1. The van der Waals surface area contributed by atoms with E-state index in [0.29, 0.717) is 11.2 Å². The first kappa shape index (κ1) is 13.8. The van der Waals surface area contributed by atoms with Gasteiger partial charge in [0, 0.05) is 17.7 Å². The smallest absolute Gasteiger partial charge is 0.303 e. The van der Waals surface area contributed by atoms with E-state index in [1.165, 1.54) is 11.1 Å². The van der Waals surface area contributed by atoms with Crippen LogP contribution in [0.3, 0.4) is 0 Å². The zero-order valence-electron chi connectivity index (χ0n) is 10.8. The molecule has 1 aromatic carbocycles. The normalized spacial score (nSPS) is 10.7. The number of aromatic amines is 1. The molecule has 4 nitrogen and oxygen atoms in total. The fourth-order valence-electron chi connectivity index (χ4n) is 1.92. The maximum absolute atomic E-state index is 10.7. The fraction of sp³-hybridized carbons (Fsp3) is 0.286. The van der Waals surface area contributed by atoms with E-state index in [4.69, 9.17) is 5.11 Å². The molecule has 0 saturated carbocycles. The lowest BCUT2D eigenvalue weighted by molar-refractivity contribution is -0.136. The number of carboxylic acid groups (broad SMARTS) is 1. The third-order valence-corrected chi connectivity index (χ3v) is 3.49. The molecule has 0 amide bonds. The standard InChI is InChI=1S/C14H15BrN2O2/c1-8-3-4-10(7-9(8)2)13-11(5-6-12(18)19)16-14(15)17-13/h3-4,7H,5-6H2,1-2H3,(H,16,17)(H,18,19). The van der Waals surface area contributed by atoms with E-state index in [-0.39, 0.29) is 6.42 Å². The van der Waals surface area contributed by atoms with Gasteiger partial charge in [0.25, 0.3) is 0 Å². The van der Waals surface area contributed by atoms with Gasteiger partial charge in [0.15, 0.2) is 4.73 Å². The fourth-order valence-corrected chi connectivity index (χ4v) is 2.33. The summed E-state index contributed by atoms with van der Waals surface area (Å²) in [4.78, 5) is 18.2. The van der Waals surface area contributed by atoms with Crippen LogP contribution in [0, 0.1) is 13.8 Å². The predicted molar refractivity (Wildman–Crippen MR) is 77.2 cm³/mol. The second-order valence-corrected chi connectivity index (χ2v) is 5.30. The lowest BCUT2D eigenvalue weighted by Crippen LogP contribution is -1.99. The van der Waals surface area contributed by atoms with Crippen LogP contribution in [-0.2, 0) is 11.2 Å². The van der Waals surface area contributed by atoms with Gasteiger partial charge < -0.3 is 10.1 Å². The molecule has 5 heteroatoms. The minimum Gasteiger partial charge on any atom is -0.481 e. The van der Waals surface area contributed by atoms with Crippen LogP contribution in [0.4, 0.5) is 0 Å². The number of benzene rings is 1. The molecule has 0 spiro atoms. The minimum absolute atomic E-state index is 0.0898. The summed E-state index contributed by atoms with van der Waals surface area (Å²) in [6.45, 7) is 4.11. The topological polar surface area (TPSA) is 66.0 Å². The van der Waals surface area contributed by atoms with Crippen molar-refractivity contribution in [3.05, 3.63) is 39.8 Å². The van der Waals surface area contributed by atoms with Crippen molar-refractivity contribution in [3.63, 3.8) is 0 Å². The Hall–Kier alpha value is -1.62. The largest absolute Gasteiger partial charge is 0.481 e. The van der Waals surface area contributed by atoms with Gasteiger partial charge in [0.05, 0.1) is 12.1 Å². The number of hydrogen-bond donors (Lipinski definition) is 2. The monoisotopic (exact) mass is 322 g/mol. The molecular weight excluding hydrogens is 308 g/mol. The van der Waals surface area contributed by atoms with Crippen molar-refractivity contribution in [2.24, 2.45) is 0 Å². The summed E-state index contributed by atoms with van der Waals surface area (Å²) < 4.78 is 0.626. The van der Waals surface area contributed by atoms with Crippen molar-refractivity contribution < 1.29 is 9.90 Å². The molecule has 0 unspecified atom stereocenters. The van der Waals surface area contributed by atoms with Crippen molar-refractivity contribution >= 4 is 21.9 Å². The summed E-state index contributed by atoms with van der Waals surface area (Å²) >= 11 is 3.31. The summed E-state index contributed by atoms with van der Waals surface area (Å²) in [5.41, 5.74) is 5.09. The number of aliphatic carboxylic acids is 1. The lowest BCUT2D eigenvalue weighted by atomic mass is 10.0. The summed E-state index contributed by atoms with van der Waals surface area (Å²) in [7, 11) is 0. The van der Waals surface area contributed by atoms with E-state index >= 15 is 0 Å². The molecule has 2 aromatic rings. The Labute approximate surface area is 120 Å². The Morgan fingerprint density at radius 3 is 2.74 bits per heavy atom. The van der Waals surface area contributed by atoms with Gasteiger partial charge in [-0.2, -0.15) is 0 Å². The number of rotatable bonds is 4. The Bertz CT molecular complexity index is 620. The first-order chi connectivity index (χ1) is 8.97. The molecule has 0 aliphatic rings. The van der Waals surface area contributed by atoms with Crippen LogP contribution in [0.5, 0.6) is 0 Å². The first-order valence-electron chi connectivity index (χ1n) is 6.01. The van der Waals surface area contributed by atoms with Crippen LogP contribution >= 0.6 is 15.9 Å². The second-order valence-electron chi connectivity index (χ2n) is 4.55. The number of hydrogen-bond acceptors (Lipinski definition) is 2. The molecule has 2 N–H and O–H groups in total. The second kappa shape index (κ2) is 5.57. The molecule has 0 aliphatic carbocycles. The highest BCUT2D eigenvalue weighted by molar-refractivity contribution is 9.10. The van der Waals surface area contributed by atoms with Gasteiger partial charge in [0.1, 0.15) is 0 Å². The summed E-state index contributed by atoms with van der Waals surface area (Å²) in [5.74, 6) is -0.809. The van der Waals surface area contributed by atoms with Crippen LogP contribution in [0.25, 0.3) is 11.3 Å². The van der Waals surface area contributed by atoms with Crippen LogP contribution in [0.2, 0.25) is 0 Å². The van der Waals surface area contributed by atoms with Crippen molar-refractivity contribution in [2.45, 2.75) is 26.7 Å². The van der Waals surface area contributed by atoms with Crippen molar-refractivity contribution in [2.75, 3.05) is 0 Å². The molecule has 0 radical (unpaired) electrons. The SMILES string of the molecule is Cc1ccc(-c2nc(Br)[nH]c2CCC(=O)O)cc1C. The number of halogens is 1. The van der Waals surface area contributed by atoms with Crippen molar-refractivity contribution in [1.82, 2.24) is 9.97 Å². The van der Waals surface area contributed by atoms with E-state index in [1.807, 2.05) is 12.1 Å². The molecule has 2 rings (SSSR count). The summed E-state index contributed by atoms with van der Waals surface area (Å²) in [5, 5.41) is 8.78. The molecule has 0 bridgehead atoms. The minimum atomic E-state index is -0.809. The summed E-state index contributed by atoms with van der Waals surface area (Å²) in [6, 6.07) is 6.13. The average Bonchev–Trinajstić information content (AvgIpc) is 2.71. The molecule has 100 valence electrons. The highest BCUT2D eigenvalue weighted by Crippen LogP contribution is 2.26. The molecule has 0 fully saturated rings. The number of aromatic nitrogens is 2. The van der Waals surface area contributed by atoms with Crippen LogP contribution in [0.15, 0.2) is 22.9 Å². The third kappa shape index (κ3) is 3.23. The van der Waals surface area contributed by atoms with E-state index in [2.05, 4.69) is 45.8 Å².